The van der Waals surface area contributed by atoms with Crippen LogP contribution in [-0.4, -0.2) is 40.6 Å². The Bertz CT molecular complexity index is 1250. The van der Waals surface area contributed by atoms with Crippen molar-refractivity contribution in [2.75, 3.05) is 20.2 Å². The summed E-state index contributed by atoms with van der Waals surface area (Å²) in [6.45, 7) is 4.77. The van der Waals surface area contributed by atoms with E-state index in [9.17, 15) is 9.59 Å². The lowest BCUT2D eigenvalue weighted by Gasteiger charge is -2.40. The van der Waals surface area contributed by atoms with Crippen molar-refractivity contribution in [2.24, 2.45) is 7.05 Å². The van der Waals surface area contributed by atoms with E-state index in [1.54, 1.807) is 36.6 Å². The number of nitrogens with zero attached hydrogens (tertiary/aromatic N) is 3. The minimum Gasteiger partial charge on any atom is -0.485 e. The van der Waals surface area contributed by atoms with E-state index in [0.717, 1.165) is 5.56 Å². The Labute approximate surface area is 197 Å². The number of rotatable bonds is 5. The van der Waals surface area contributed by atoms with Crippen LogP contribution in [0.1, 0.15) is 36.6 Å². The number of ether oxygens (including phenoxy) is 2. The topological polar surface area (TPSA) is 73.7 Å². The van der Waals surface area contributed by atoms with Gasteiger partial charge in [0.1, 0.15) is 17.4 Å². The first-order valence-electron chi connectivity index (χ1n) is 10.9. The van der Waals surface area contributed by atoms with Gasteiger partial charge < -0.3 is 18.9 Å². The molecule has 4 rings (SSSR count). The van der Waals surface area contributed by atoms with Crippen molar-refractivity contribution in [3.63, 3.8) is 0 Å². The fourth-order valence-electron chi connectivity index (χ4n) is 4.59. The minimum atomic E-state index is -0.797. The van der Waals surface area contributed by atoms with Gasteiger partial charge in [-0.3, -0.25) is 9.59 Å². The third-order valence-electron chi connectivity index (χ3n) is 6.57. The predicted octanol–water partition coefficient (Wildman–Crippen LogP) is 3.96. The van der Waals surface area contributed by atoms with Gasteiger partial charge in [0.15, 0.2) is 5.75 Å². The number of halogens is 1. The molecule has 1 aliphatic heterocycles. The highest BCUT2D eigenvalue weighted by molar-refractivity contribution is 6.34. The highest BCUT2D eigenvalue weighted by atomic mass is 35.5. The normalized spacial score (nSPS) is 15.6. The molecule has 33 heavy (non-hydrogen) atoms. The second-order valence-corrected chi connectivity index (χ2v) is 8.84. The van der Waals surface area contributed by atoms with Gasteiger partial charge in [0.25, 0.3) is 5.56 Å². The van der Waals surface area contributed by atoms with Crippen molar-refractivity contribution in [1.29, 1.82) is 0 Å². The van der Waals surface area contributed by atoms with Gasteiger partial charge in [-0.05, 0) is 31.4 Å². The molecule has 8 heteroatoms. The molecule has 174 valence electrons. The highest BCUT2D eigenvalue weighted by Gasteiger charge is 2.40. The highest BCUT2D eigenvalue weighted by Crippen LogP contribution is 2.38. The fourth-order valence-corrected chi connectivity index (χ4v) is 4.86. The second-order valence-electron chi connectivity index (χ2n) is 8.48. The second kappa shape index (κ2) is 9.15. The van der Waals surface area contributed by atoms with Crippen LogP contribution in [0.2, 0.25) is 5.15 Å². The third kappa shape index (κ3) is 4.23. The number of pyridine rings is 2. The number of fused-ring (bicyclic) bond motifs is 1. The van der Waals surface area contributed by atoms with E-state index in [-0.39, 0.29) is 11.5 Å². The van der Waals surface area contributed by atoms with Gasteiger partial charge in [0.05, 0.1) is 16.8 Å². The number of benzene rings is 1. The summed E-state index contributed by atoms with van der Waals surface area (Å²) in [5, 5.41) is 0.937. The van der Waals surface area contributed by atoms with Gasteiger partial charge in [-0.15, -0.1) is 0 Å². The first kappa shape index (κ1) is 23.3. The molecule has 3 aromatic rings. The Morgan fingerprint density at radius 3 is 2.48 bits per heavy atom. The first-order chi connectivity index (χ1) is 15.8. The van der Waals surface area contributed by atoms with Crippen LogP contribution in [0.15, 0.2) is 41.2 Å². The summed E-state index contributed by atoms with van der Waals surface area (Å²) in [4.78, 5) is 31.6. The molecule has 7 nitrogen and oxygen atoms in total. The summed E-state index contributed by atoms with van der Waals surface area (Å²) in [6, 6.07) is 11.6. The molecule has 0 N–H and O–H groups in total. The number of hydrogen-bond acceptors (Lipinski definition) is 5. The number of carbonyl (C=O) groups excluding carboxylic acids is 1. The van der Waals surface area contributed by atoms with E-state index >= 15 is 0 Å². The number of likely N-dealkylation sites (tertiary alicyclic amines) is 1. The molecule has 0 aliphatic carbocycles. The van der Waals surface area contributed by atoms with Crippen LogP contribution in [0.25, 0.3) is 10.9 Å². The van der Waals surface area contributed by atoms with Gasteiger partial charge in [-0.2, -0.15) is 0 Å². The summed E-state index contributed by atoms with van der Waals surface area (Å²) < 4.78 is 13.7. The van der Waals surface area contributed by atoms with Gasteiger partial charge in [-0.25, -0.2) is 4.98 Å². The van der Waals surface area contributed by atoms with Crippen molar-refractivity contribution in [2.45, 2.75) is 38.9 Å². The van der Waals surface area contributed by atoms with Crippen LogP contribution < -0.4 is 10.3 Å². The molecule has 0 unspecified atom stereocenters. The maximum Gasteiger partial charge on any atom is 0.257 e. The standard InChI is InChI=1S/C25H28ClN3O4/c1-16-22(33-15-18-8-6-5-7-9-18)21-19(23(26)27-16)14-20(24(31)28(21)3)25(32-4)10-12-29(13-11-25)17(2)30/h5-9,14H,10-13,15H2,1-4H3. The van der Waals surface area contributed by atoms with E-state index in [1.165, 1.54) is 0 Å². The zero-order valence-electron chi connectivity index (χ0n) is 19.4. The Kier molecular flexibility index (Phi) is 6.45. The summed E-state index contributed by atoms with van der Waals surface area (Å²) in [6.07, 6.45) is 1.05. The molecule has 0 radical (unpaired) electrons. The molecule has 1 aromatic carbocycles. The quantitative estimate of drug-likeness (QED) is 0.529. The Balaban J connectivity index is 1.81. The predicted molar refractivity (Wildman–Crippen MR) is 128 cm³/mol. The van der Waals surface area contributed by atoms with Crippen LogP contribution in [-0.2, 0) is 28.8 Å². The monoisotopic (exact) mass is 469 g/mol. The number of methoxy groups -OCH3 is 1. The summed E-state index contributed by atoms with van der Waals surface area (Å²) in [5.41, 5.74) is 1.77. The van der Waals surface area contributed by atoms with E-state index in [2.05, 4.69) is 4.98 Å². The van der Waals surface area contributed by atoms with Crippen LogP contribution in [0.4, 0.5) is 0 Å². The summed E-state index contributed by atoms with van der Waals surface area (Å²) >= 11 is 6.56. The average Bonchev–Trinajstić information content (AvgIpc) is 2.81. The first-order valence-corrected chi connectivity index (χ1v) is 11.3. The lowest BCUT2D eigenvalue weighted by atomic mass is 9.84. The molecule has 1 fully saturated rings. The molecule has 0 bridgehead atoms. The van der Waals surface area contributed by atoms with Gasteiger partial charge in [0.2, 0.25) is 5.91 Å². The molecular weight excluding hydrogens is 442 g/mol. The number of amides is 1. The molecule has 0 saturated carbocycles. The number of hydrogen-bond donors (Lipinski definition) is 0. The maximum absolute atomic E-state index is 13.6. The lowest BCUT2D eigenvalue weighted by Crippen LogP contribution is -2.48. The molecule has 0 atom stereocenters. The zero-order valence-corrected chi connectivity index (χ0v) is 20.1. The SMILES string of the molecule is COC1(c2cc3c(Cl)nc(C)c(OCc4ccccc4)c3n(C)c2=O)CCN(C(C)=O)CC1. The summed E-state index contributed by atoms with van der Waals surface area (Å²) in [5.74, 6) is 0.552. The van der Waals surface area contributed by atoms with Crippen molar-refractivity contribution >= 4 is 28.4 Å². The third-order valence-corrected chi connectivity index (χ3v) is 6.86. The van der Waals surface area contributed by atoms with Crippen LogP contribution in [0, 0.1) is 6.92 Å². The average molecular weight is 470 g/mol. The van der Waals surface area contributed by atoms with Crippen LogP contribution in [0.3, 0.4) is 0 Å². The maximum atomic E-state index is 13.6. The van der Waals surface area contributed by atoms with Crippen molar-refractivity contribution < 1.29 is 14.3 Å². The van der Waals surface area contributed by atoms with Crippen LogP contribution in [0.5, 0.6) is 5.75 Å². The van der Waals surface area contributed by atoms with E-state index < -0.39 is 5.60 Å². The van der Waals surface area contributed by atoms with E-state index in [0.29, 0.717) is 65.6 Å². The van der Waals surface area contributed by atoms with Crippen molar-refractivity contribution in [1.82, 2.24) is 14.5 Å². The molecule has 3 heterocycles. The number of piperidine rings is 1. The molecule has 1 amide bonds. The Hall–Kier alpha value is -2.90. The molecule has 1 aliphatic rings. The molecule has 1 saturated heterocycles. The Morgan fingerprint density at radius 2 is 1.88 bits per heavy atom. The molecule has 2 aromatic heterocycles. The molecule has 0 spiro atoms. The number of aryl methyl sites for hydroxylation is 2. The van der Waals surface area contributed by atoms with Gasteiger partial charge in [0, 0.05) is 39.6 Å². The van der Waals surface area contributed by atoms with Gasteiger partial charge in [-0.1, -0.05) is 41.9 Å². The fraction of sp³-hybridized carbons (Fsp3) is 0.400. The number of carbonyl (C=O) groups is 1. The largest absolute Gasteiger partial charge is 0.485 e. The lowest BCUT2D eigenvalue weighted by molar-refractivity contribution is -0.135. The smallest absolute Gasteiger partial charge is 0.257 e. The summed E-state index contributed by atoms with van der Waals surface area (Å²) in [7, 11) is 3.32. The van der Waals surface area contributed by atoms with Crippen molar-refractivity contribution in [3.8, 4) is 5.75 Å². The van der Waals surface area contributed by atoms with E-state index in [4.69, 9.17) is 21.1 Å². The van der Waals surface area contributed by atoms with Crippen LogP contribution >= 0.6 is 11.6 Å². The Morgan fingerprint density at radius 1 is 1.21 bits per heavy atom. The minimum absolute atomic E-state index is 0.0223. The zero-order chi connectivity index (χ0) is 23.8. The number of aromatic nitrogens is 2. The molecular formula is C25H28ClN3O4. The van der Waals surface area contributed by atoms with E-state index in [1.807, 2.05) is 37.3 Å². The van der Waals surface area contributed by atoms with Crippen molar-refractivity contribution in [3.05, 3.63) is 68.7 Å². The van der Waals surface area contributed by atoms with Gasteiger partial charge >= 0.3 is 0 Å².